The minimum absolute atomic E-state index is 0.0289. The molecule has 0 saturated carbocycles. The van der Waals surface area contributed by atoms with Gasteiger partial charge in [-0.1, -0.05) is 18.2 Å². The predicted octanol–water partition coefficient (Wildman–Crippen LogP) is 3.52. The zero-order valence-corrected chi connectivity index (χ0v) is 16.6. The molecule has 1 aliphatic rings. The molecule has 3 amide bonds. The Hall–Kier alpha value is -2.67. The first-order chi connectivity index (χ1) is 13.6. The molecule has 2 N–H and O–H groups in total. The van der Waals surface area contributed by atoms with E-state index in [-0.39, 0.29) is 24.1 Å². The number of amides is 3. The normalized spacial score (nSPS) is 13.8. The average Bonchev–Trinajstić information content (AvgIpc) is 3.27. The lowest BCUT2D eigenvalue weighted by Gasteiger charge is -2.27. The van der Waals surface area contributed by atoms with E-state index in [2.05, 4.69) is 10.6 Å². The van der Waals surface area contributed by atoms with Crippen molar-refractivity contribution in [3.63, 3.8) is 0 Å². The molecule has 0 radical (unpaired) electrons. The molecule has 2 heterocycles. The number of rotatable bonds is 7. The van der Waals surface area contributed by atoms with E-state index in [9.17, 15) is 14.4 Å². The van der Waals surface area contributed by atoms with E-state index >= 15 is 0 Å². The molecule has 148 valence electrons. The number of carbonyl (C=O) groups excluding carboxylic acids is 3. The van der Waals surface area contributed by atoms with E-state index < -0.39 is 0 Å². The highest BCUT2D eigenvalue weighted by atomic mass is 32.1. The lowest BCUT2D eigenvalue weighted by molar-refractivity contribution is -0.116. The van der Waals surface area contributed by atoms with E-state index in [1.807, 2.05) is 28.5 Å². The van der Waals surface area contributed by atoms with Gasteiger partial charge in [-0.2, -0.15) is 0 Å². The molecule has 0 aliphatic carbocycles. The van der Waals surface area contributed by atoms with Crippen LogP contribution in [-0.4, -0.2) is 42.3 Å². The first-order valence-corrected chi connectivity index (χ1v) is 10.5. The van der Waals surface area contributed by atoms with Crippen molar-refractivity contribution in [2.75, 3.05) is 25.0 Å². The fraction of sp³-hybridized carbons (Fsp3) is 0.381. The Morgan fingerprint density at radius 3 is 2.54 bits per heavy atom. The molecule has 28 heavy (non-hydrogen) atoms. The summed E-state index contributed by atoms with van der Waals surface area (Å²) in [5, 5.41) is 7.51. The van der Waals surface area contributed by atoms with Crippen molar-refractivity contribution in [3.8, 4) is 0 Å². The van der Waals surface area contributed by atoms with Crippen molar-refractivity contribution in [2.45, 2.75) is 32.1 Å². The van der Waals surface area contributed by atoms with Crippen LogP contribution in [0.1, 0.15) is 52.1 Å². The largest absolute Gasteiger partial charge is 0.351 e. The number of thiophene rings is 1. The van der Waals surface area contributed by atoms with Crippen molar-refractivity contribution >= 4 is 34.7 Å². The van der Waals surface area contributed by atoms with Gasteiger partial charge >= 0.3 is 0 Å². The van der Waals surface area contributed by atoms with Gasteiger partial charge in [0.1, 0.15) is 0 Å². The third-order valence-electron chi connectivity index (χ3n) is 4.69. The monoisotopic (exact) mass is 399 g/mol. The maximum absolute atomic E-state index is 12.8. The van der Waals surface area contributed by atoms with Gasteiger partial charge < -0.3 is 15.5 Å². The van der Waals surface area contributed by atoms with Crippen LogP contribution in [0, 0.1) is 0 Å². The van der Waals surface area contributed by atoms with Gasteiger partial charge in [-0.25, -0.2) is 0 Å². The molecule has 0 spiro atoms. The van der Waals surface area contributed by atoms with Crippen LogP contribution in [0.15, 0.2) is 41.8 Å². The molecule has 1 aromatic heterocycles. The number of nitrogens with one attached hydrogen (secondary N) is 2. The molecule has 7 heteroatoms. The maximum atomic E-state index is 12.8. The molecule has 0 bridgehead atoms. The molecule has 6 nitrogen and oxygen atoms in total. The number of anilines is 1. The van der Waals surface area contributed by atoms with Crippen LogP contribution in [-0.2, 0) is 4.79 Å². The Kier molecular flexibility index (Phi) is 7.19. The summed E-state index contributed by atoms with van der Waals surface area (Å²) >= 11 is 1.39. The highest BCUT2D eigenvalue weighted by Crippen LogP contribution is 2.20. The molecule has 0 unspecified atom stereocenters. The van der Waals surface area contributed by atoms with Crippen LogP contribution in [0.2, 0.25) is 0 Å². The smallest absolute Gasteiger partial charge is 0.261 e. The molecular weight excluding hydrogens is 374 g/mol. The number of hydrogen-bond acceptors (Lipinski definition) is 4. The number of likely N-dealkylation sites (tertiary alicyclic amines) is 1. The van der Waals surface area contributed by atoms with Gasteiger partial charge in [0.25, 0.3) is 11.8 Å². The Balaban J connectivity index is 1.48. The minimum atomic E-state index is -0.163. The molecule has 1 fully saturated rings. The number of hydrogen-bond donors (Lipinski definition) is 2. The molecule has 3 rings (SSSR count). The van der Waals surface area contributed by atoms with Gasteiger partial charge in [0.05, 0.1) is 16.1 Å². The van der Waals surface area contributed by atoms with Crippen LogP contribution < -0.4 is 10.6 Å². The fourth-order valence-electron chi connectivity index (χ4n) is 3.20. The Morgan fingerprint density at radius 2 is 1.79 bits per heavy atom. The van der Waals surface area contributed by atoms with Crippen LogP contribution in [0.4, 0.5) is 5.69 Å². The van der Waals surface area contributed by atoms with Gasteiger partial charge in [0, 0.05) is 26.1 Å². The van der Waals surface area contributed by atoms with Gasteiger partial charge in [0.15, 0.2) is 0 Å². The molecule has 1 saturated heterocycles. The number of carbonyl (C=O) groups is 3. The summed E-state index contributed by atoms with van der Waals surface area (Å²) in [7, 11) is 0. The number of piperidine rings is 1. The lowest BCUT2D eigenvalue weighted by Crippen LogP contribution is -2.36. The van der Waals surface area contributed by atoms with Crippen LogP contribution in [0.3, 0.4) is 0 Å². The summed E-state index contributed by atoms with van der Waals surface area (Å²) in [6.07, 6.45) is 4.02. The maximum Gasteiger partial charge on any atom is 0.261 e. The zero-order chi connectivity index (χ0) is 19.8. The lowest BCUT2D eigenvalue weighted by atomic mass is 10.1. The number of benzene rings is 1. The number of nitrogens with zero attached hydrogens (tertiary/aromatic N) is 1. The zero-order valence-electron chi connectivity index (χ0n) is 15.8. The van der Waals surface area contributed by atoms with Crippen molar-refractivity contribution in [2.24, 2.45) is 0 Å². The molecular formula is C21H25N3O3S. The standard InChI is InChI=1S/C21H25N3O3S/c25-19(11-6-12-22-20(26)18-10-7-15-28-18)23-17-9-3-2-8-16(17)21(27)24-13-4-1-5-14-24/h2-3,7-10,15H,1,4-6,11-14H2,(H,22,26)(H,23,25). The molecule has 1 aromatic carbocycles. The SMILES string of the molecule is O=C(CCCNC(=O)c1cccs1)Nc1ccccc1C(=O)N1CCCCC1. The van der Waals surface area contributed by atoms with Gasteiger partial charge in [-0.3, -0.25) is 14.4 Å². The Morgan fingerprint density at radius 1 is 1.00 bits per heavy atom. The van der Waals surface area contributed by atoms with E-state index in [1.165, 1.54) is 11.3 Å². The Bertz CT molecular complexity index is 814. The second-order valence-electron chi connectivity index (χ2n) is 6.78. The second kappa shape index (κ2) is 10.0. The van der Waals surface area contributed by atoms with E-state index in [0.29, 0.717) is 29.1 Å². The third-order valence-corrected chi connectivity index (χ3v) is 5.55. The van der Waals surface area contributed by atoms with Crippen molar-refractivity contribution < 1.29 is 14.4 Å². The third kappa shape index (κ3) is 5.42. The highest BCUT2D eigenvalue weighted by molar-refractivity contribution is 7.12. The average molecular weight is 400 g/mol. The van der Waals surface area contributed by atoms with Crippen molar-refractivity contribution in [1.82, 2.24) is 10.2 Å². The Labute approximate surface area is 168 Å². The summed E-state index contributed by atoms with van der Waals surface area (Å²) in [5.74, 6) is -0.309. The first kappa shape index (κ1) is 20.1. The highest BCUT2D eigenvalue weighted by Gasteiger charge is 2.21. The van der Waals surface area contributed by atoms with Gasteiger partial charge in [-0.15, -0.1) is 11.3 Å². The van der Waals surface area contributed by atoms with Crippen molar-refractivity contribution in [3.05, 3.63) is 52.2 Å². The molecule has 1 aliphatic heterocycles. The van der Waals surface area contributed by atoms with Gasteiger partial charge in [-0.05, 0) is 49.3 Å². The van der Waals surface area contributed by atoms with Crippen LogP contribution in [0.5, 0.6) is 0 Å². The van der Waals surface area contributed by atoms with E-state index in [4.69, 9.17) is 0 Å². The topological polar surface area (TPSA) is 78.5 Å². The fourth-order valence-corrected chi connectivity index (χ4v) is 3.84. The van der Waals surface area contributed by atoms with E-state index in [1.54, 1.807) is 18.2 Å². The second-order valence-corrected chi connectivity index (χ2v) is 7.73. The minimum Gasteiger partial charge on any atom is -0.351 e. The summed E-state index contributed by atoms with van der Waals surface area (Å²) < 4.78 is 0. The molecule has 0 atom stereocenters. The van der Waals surface area contributed by atoms with Gasteiger partial charge in [0.2, 0.25) is 5.91 Å². The first-order valence-electron chi connectivity index (χ1n) is 9.65. The summed E-state index contributed by atoms with van der Waals surface area (Å²) in [4.78, 5) is 39.5. The van der Waals surface area contributed by atoms with Crippen molar-refractivity contribution in [1.29, 1.82) is 0 Å². The van der Waals surface area contributed by atoms with Crippen LogP contribution in [0.25, 0.3) is 0 Å². The number of para-hydroxylation sites is 1. The molecule has 2 aromatic rings. The summed E-state index contributed by atoms with van der Waals surface area (Å²) in [6, 6.07) is 10.7. The summed E-state index contributed by atoms with van der Waals surface area (Å²) in [5.41, 5.74) is 1.08. The quantitative estimate of drug-likeness (QED) is 0.699. The van der Waals surface area contributed by atoms with Crippen LogP contribution >= 0.6 is 11.3 Å². The van der Waals surface area contributed by atoms with E-state index in [0.717, 1.165) is 32.4 Å². The predicted molar refractivity (Wildman–Crippen MR) is 111 cm³/mol. The summed E-state index contributed by atoms with van der Waals surface area (Å²) in [6.45, 7) is 1.97.